The van der Waals surface area contributed by atoms with Gasteiger partial charge in [0.15, 0.2) is 0 Å². The number of aromatic nitrogens is 2. The lowest BCUT2D eigenvalue weighted by Gasteiger charge is -2.35. The fourth-order valence-electron chi connectivity index (χ4n) is 2.08. The van der Waals surface area contributed by atoms with E-state index in [1.54, 1.807) is 0 Å². The SMILES string of the molecule is CCOc1cc(N2CCNCC2C)nc(C)n1. The van der Waals surface area contributed by atoms with Crippen molar-refractivity contribution in [3.05, 3.63) is 11.9 Å². The second-order valence-corrected chi connectivity index (χ2v) is 4.29. The standard InChI is InChI=1S/C12H20N4O/c1-4-17-12-7-11(14-10(3)15-12)16-6-5-13-8-9(16)2/h7,9,13H,4-6,8H2,1-3H3. The lowest BCUT2D eigenvalue weighted by molar-refractivity contribution is 0.325. The lowest BCUT2D eigenvalue weighted by Crippen LogP contribution is -2.50. The molecule has 0 bridgehead atoms. The molecule has 1 fully saturated rings. The molecule has 1 aromatic rings. The molecule has 0 aliphatic carbocycles. The molecule has 0 amide bonds. The van der Waals surface area contributed by atoms with Gasteiger partial charge >= 0.3 is 0 Å². The van der Waals surface area contributed by atoms with Crippen molar-refractivity contribution in [3.8, 4) is 5.88 Å². The van der Waals surface area contributed by atoms with Crippen molar-refractivity contribution in [3.63, 3.8) is 0 Å². The van der Waals surface area contributed by atoms with E-state index in [2.05, 4.69) is 27.1 Å². The van der Waals surface area contributed by atoms with Gasteiger partial charge in [-0.2, -0.15) is 4.98 Å². The minimum Gasteiger partial charge on any atom is -0.478 e. The Hall–Kier alpha value is -1.36. The van der Waals surface area contributed by atoms with E-state index >= 15 is 0 Å². The number of hydrogen-bond acceptors (Lipinski definition) is 5. The number of ether oxygens (including phenoxy) is 1. The predicted molar refractivity (Wildman–Crippen MR) is 67.6 cm³/mol. The van der Waals surface area contributed by atoms with Gasteiger partial charge in [-0.15, -0.1) is 0 Å². The van der Waals surface area contributed by atoms with E-state index in [0.29, 0.717) is 18.5 Å². The van der Waals surface area contributed by atoms with Crippen molar-refractivity contribution >= 4 is 5.82 Å². The average molecular weight is 236 g/mol. The molecule has 2 heterocycles. The van der Waals surface area contributed by atoms with Gasteiger partial charge in [0, 0.05) is 31.7 Å². The first-order chi connectivity index (χ1) is 8.20. The van der Waals surface area contributed by atoms with Crippen LogP contribution < -0.4 is 15.0 Å². The Bertz CT molecular complexity index is 383. The number of piperazine rings is 1. The van der Waals surface area contributed by atoms with Crippen molar-refractivity contribution in [2.75, 3.05) is 31.1 Å². The highest BCUT2D eigenvalue weighted by Gasteiger charge is 2.20. The van der Waals surface area contributed by atoms with Crippen LogP contribution in [-0.4, -0.2) is 42.3 Å². The Morgan fingerprint density at radius 1 is 1.53 bits per heavy atom. The molecule has 17 heavy (non-hydrogen) atoms. The van der Waals surface area contributed by atoms with Crippen LogP contribution in [0.3, 0.4) is 0 Å². The molecular formula is C12H20N4O. The lowest BCUT2D eigenvalue weighted by atomic mass is 10.2. The molecule has 0 aromatic carbocycles. The molecule has 0 radical (unpaired) electrons. The summed E-state index contributed by atoms with van der Waals surface area (Å²) in [6.07, 6.45) is 0. The molecule has 1 N–H and O–H groups in total. The molecule has 1 aliphatic heterocycles. The Balaban J connectivity index is 2.24. The third-order valence-corrected chi connectivity index (χ3v) is 2.89. The Morgan fingerprint density at radius 2 is 2.35 bits per heavy atom. The molecule has 1 aromatic heterocycles. The first-order valence-corrected chi connectivity index (χ1v) is 6.16. The molecular weight excluding hydrogens is 216 g/mol. The fourth-order valence-corrected chi connectivity index (χ4v) is 2.08. The summed E-state index contributed by atoms with van der Waals surface area (Å²) in [5, 5.41) is 3.37. The van der Waals surface area contributed by atoms with Gasteiger partial charge in [-0.05, 0) is 20.8 Å². The zero-order valence-electron chi connectivity index (χ0n) is 10.7. The molecule has 5 nitrogen and oxygen atoms in total. The van der Waals surface area contributed by atoms with E-state index in [9.17, 15) is 0 Å². The number of hydrogen-bond donors (Lipinski definition) is 1. The van der Waals surface area contributed by atoms with E-state index in [0.717, 1.165) is 31.3 Å². The maximum Gasteiger partial charge on any atom is 0.218 e. The zero-order valence-corrected chi connectivity index (χ0v) is 10.7. The Labute approximate surface area is 102 Å². The highest BCUT2D eigenvalue weighted by atomic mass is 16.5. The number of rotatable bonds is 3. The van der Waals surface area contributed by atoms with Gasteiger partial charge in [0.05, 0.1) is 6.61 Å². The first kappa shape index (κ1) is 12.1. The van der Waals surface area contributed by atoms with Gasteiger partial charge in [-0.25, -0.2) is 4.98 Å². The van der Waals surface area contributed by atoms with E-state index < -0.39 is 0 Å². The second kappa shape index (κ2) is 5.31. The molecule has 1 saturated heterocycles. The monoisotopic (exact) mass is 236 g/mol. The van der Waals surface area contributed by atoms with Crippen molar-refractivity contribution in [2.24, 2.45) is 0 Å². The van der Waals surface area contributed by atoms with Crippen LogP contribution in [-0.2, 0) is 0 Å². The third-order valence-electron chi connectivity index (χ3n) is 2.89. The maximum absolute atomic E-state index is 5.46. The van der Waals surface area contributed by atoms with Gasteiger partial charge in [0.25, 0.3) is 0 Å². The van der Waals surface area contributed by atoms with Gasteiger partial charge in [-0.1, -0.05) is 0 Å². The van der Waals surface area contributed by atoms with Crippen LogP contribution in [0.15, 0.2) is 6.07 Å². The third kappa shape index (κ3) is 2.85. The fraction of sp³-hybridized carbons (Fsp3) is 0.667. The average Bonchev–Trinajstić information content (AvgIpc) is 2.29. The predicted octanol–water partition coefficient (Wildman–Crippen LogP) is 0.982. The second-order valence-electron chi connectivity index (χ2n) is 4.29. The molecule has 1 aliphatic rings. The van der Waals surface area contributed by atoms with Crippen LogP contribution >= 0.6 is 0 Å². The highest BCUT2D eigenvalue weighted by molar-refractivity contribution is 5.43. The molecule has 5 heteroatoms. The smallest absolute Gasteiger partial charge is 0.218 e. The van der Waals surface area contributed by atoms with E-state index in [4.69, 9.17) is 4.74 Å². The summed E-state index contributed by atoms with van der Waals surface area (Å²) in [5.41, 5.74) is 0. The highest BCUT2D eigenvalue weighted by Crippen LogP contribution is 2.20. The molecule has 0 saturated carbocycles. The zero-order chi connectivity index (χ0) is 12.3. The Kier molecular flexibility index (Phi) is 3.78. The molecule has 1 unspecified atom stereocenters. The van der Waals surface area contributed by atoms with Gasteiger partial charge in [0.1, 0.15) is 11.6 Å². The number of nitrogens with zero attached hydrogens (tertiary/aromatic N) is 3. The van der Waals surface area contributed by atoms with Crippen LogP contribution in [0.5, 0.6) is 5.88 Å². The largest absolute Gasteiger partial charge is 0.478 e. The van der Waals surface area contributed by atoms with Crippen molar-refractivity contribution < 1.29 is 4.74 Å². The summed E-state index contributed by atoms with van der Waals surface area (Å²) >= 11 is 0. The van der Waals surface area contributed by atoms with Crippen molar-refractivity contribution in [2.45, 2.75) is 26.8 Å². The van der Waals surface area contributed by atoms with Crippen molar-refractivity contribution in [1.82, 2.24) is 15.3 Å². The van der Waals surface area contributed by atoms with Gasteiger partial charge < -0.3 is 15.0 Å². The summed E-state index contributed by atoms with van der Waals surface area (Å²) in [5.74, 6) is 2.40. The summed E-state index contributed by atoms with van der Waals surface area (Å²) in [4.78, 5) is 11.1. The topological polar surface area (TPSA) is 50.3 Å². The number of anilines is 1. The summed E-state index contributed by atoms with van der Waals surface area (Å²) in [6.45, 7) is 9.66. The normalized spacial score (nSPS) is 20.4. The van der Waals surface area contributed by atoms with E-state index in [-0.39, 0.29) is 0 Å². The van der Waals surface area contributed by atoms with E-state index in [1.165, 1.54) is 0 Å². The first-order valence-electron chi connectivity index (χ1n) is 6.16. The quantitative estimate of drug-likeness (QED) is 0.848. The summed E-state index contributed by atoms with van der Waals surface area (Å²) < 4.78 is 5.46. The van der Waals surface area contributed by atoms with Gasteiger partial charge in [0.2, 0.25) is 5.88 Å². The molecule has 2 rings (SSSR count). The van der Waals surface area contributed by atoms with Crippen LogP contribution in [0.4, 0.5) is 5.82 Å². The number of aryl methyl sites for hydroxylation is 1. The van der Waals surface area contributed by atoms with Crippen molar-refractivity contribution in [1.29, 1.82) is 0 Å². The summed E-state index contributed by atoms with van der Waals surface area (Å²) in [6, 6.07) is 2.38. The van der Waals surface area contributed by atoms with Crippen LogP contribution in [0.1, 0.15) is 19.7 Å². The minimum absolute atomic E-state index is 0.451. The maximum atomic E-state index is 5.46. The summed E-state index contributed by atoms with van der Waals surface area (Å²) in [7, 11) is 0. The van der Waals surface area contributed by atoms with Crippen LogP contribution in [0.2, 0.25) is 0 Å². The molecule has 1 atom stereocenters. The number of nitrogens with one attached hydrogen (secondary N) is 1. The minimum atomic E-state index is 0.451. The molecule has 0 spiro atoms. The Morgan fingerprint density at radius 3 is 3.06 bits per heavy atom. The van der Waals surface area contributed by atoms with E-state index in [1.807, 2.05) is 19.9 Å². The molecule has 94 valence electrons. The van der Waals surface area contributed by atoms with Crippen LogP contribution in [0, 0.1) is 6.92 Å². The van der Waals surface area contributed by atoms with Gasteiger partial charge in [-0.3, -0.25) is 0 Å². The van der Waals surface area contributed by atoms with Crippen LogP contribution in [0.25, 0.3) is 0 Å².